The molecule has 2 aliphatic rings. The minimum absolute atomic E-state index is 0.0379. The van der Waals surface area contributed by atoms with Gasteiger partial charge in [0.05, 0.1) is 7.11 Å². The van der Waals surface area contributed by atoms with Gasteiger partial charge in [0.15, 0.2) is 28.8 Å². The standard InChI is InChI=1S/C24H29NO6/c1-16(26)17-5-7-21(23(12-17)28-2)31-15-19(27)14-25-9-3-4-20(25)18-6-8-22-24(13-18)30-11-10-29-22/h5-8,12-13,19-20,27H,3-4,9-11,14-15H2,1-2H3/t19-,20-/m0/s1. The predicted octanol–water partition coefficient (Wildman–Crippen LogP) is 3.25. The van der Waals surface area contributed by atoms with Crippen molar-refractivity contribution in [2.45, 2.75) is 31.9 Å². The third-order valence-corrected chi connectivity index (χ3v) is 5.76. The van der Waals surface area contributed by atoms with Crippen LogP contribution in [-0.4, -0.2) is 61.9 Å². The van der Waals surface area contributed by atoms with Gasteiger partial charge in [-0.15, -0.1) is 0 Å². The molecule has 0 unspecified atom stereocenters. The summed E-state index contributed by atoms with van der Waals surface area (Å²) >= 11 is 0. The lowest BCUT2D eigenvalue weighted by Crippen LogP contribution is -2.35. The van der Waals surface area contributed by atoms with E-state index in [-0.39, 0.29) is 18.4 Å². The summed E-state index contributed by atoms with van der Waals surface area (Å²) in [5, 5.41) is 10.6. The molecule has 31 heavy (non-hydrogen) atoms. The van der Waals surface area contributed by atoms with Crippen LogP contribution < -0.4 is 18.9 Å². The number of β-amino-alcohol motifs (C(OH)–C–C–N with tert-alkyl or cyclic N) is 1. The van der Waals surface area contributed by atoms with Crippen molar-refractivity contribution in [1.82, 2.24) is 4.90 Å². The number of aliphatic hydroxyl groups is 1. The Balaban J connectivity index is 1.37. The highest BCUT2D eigenvalue weighted by atomic mass is 16.6. The molecule has 0 spiro atoms. The van der Waals surface area contributed by atoms with Gasteiger partial charge in [0.25, 0.3) is 0 Å². The van der Waals surface area contributed by atoms with E-state index in [0.29, 0.717) is 36.8 Å². The summed E-state index contributed by atoms with van der Waals surface area (Å²) in [5.74, 6) is 2.54. The monoisotopic (exact) mass is 427 g/mol. The lowest BCUT2D eigenvalue weighted by molar-refractivity contribution is 0.0628. The molecule has 0 aromatic heterocycles. The first kappa shape index (κ1) is 21.5. The number of fused-ring (bicyclic) bond motifs is 1. The lowest BCUT2D eigenvalue weighted by atomic mass is 10.0. The van der Waals surface area contributed by atoms with Crippen molar-refractivity contribution in [3.8, 4) is 23.0 Å². The SMILES string of the molecule is COc1cc(C(C)=O)ccc1OC[C@@H](O)CN1CCC[C@H]1c1ccc2c(c1)OCCO2. The number of benzene rings is 2. The van der Waals surface area contributed by atoms with Crippen LogP contribution in [0.1, 0.15) is 41.7 Å². The lowest BCUT2D eigenvalue weighted by Gasteiger charge is -2.28. The summed E-state index contributed by atoms with van der Waals surface area (Å²) in [6.07, 6.45) is 1.45. The summed E-state index contributed by atoms with van der Waals surface area (Å²) in [6.45, 7) is 4.22. The van der Waals surface area contributed by atoms with Crippen molar-refractivity contribution in [3.63, 3.8) is 0 Å². The van der Waals surface area contributed by atoms with Crippen LogP contribution in [0.15, 0.2) is 36.4 Å². The number of hydrogen-bond donors (Lipinski definition) is 1. The molecule has 0 saturated carbocycles. The Morgan fingerprint density at radius 1 is 1.16 bits per heavy atom. The van der Waals surface area contributed by atoms with E-state index in [2.05, 4.69) is 17.0 Å². The van der Waals surface area contributed by atoms with Crippen LogP contribution in [-0.2, 0) is 0 Å². The highest BCUT2D eigenvalue weighted by Gasteiger charge is 2.29. The fourth-order valence-corrected chi connectivity index (χ4v) is 4.20. The van der Waals surface area contributed by atoms with Crippen molar-refractivity contribution in [3.05, 3.63) is 47.5 Å². The third-order valence-electron chi connectivity index (χ3n) is 5.76. The number of ketones is 1. The number of hydrogen-bond acceptors (Lipinski definition) is 7. The summed E-state index contributed by atoms with van der Waals surface area (Å²) in [6, 6.07) is 11.4. The summed E-state index contributed by atoms with van der Waals surface area (Å²) < 4.78 is 22.5. The number of likely N-dealkylation sites (tertiary alicyclic amines) is 1. The van der Waals surface area contributed by atoms with Crippen molar-refractivity contribution in [2.24, 2.45) is 0 Å². The van der Waals surface area contributed by atoms with Crippen LogP contribution in [0.3, 0.4) is 0 Å². The molecule has 2 heterocycles. The van der Waals surface area contributed by atoms with Crippen molar-refractivity contribution >= 4 is 5.78 Å². The number of nitrogens with zero attached hydrogens (tertiary/aromatic N) is 1. The van der Waals surface area contributed by atoms with E-state index in [1.807, 2.05) is 6.07 Å². The molecule has 4 rings (SSSR count). The molecule has 166 valence electrons. The third kappa shape index (κ3) is 4.94. The molecule has 0 radical (unpaired) electrons. The molecular formula is C24H29NO6. The molecule has 7 heteroatoms. The Labute approximate surface area is 182 Å². The van der Waals surface area contributed by atoms with E-state index in [4.69, 9.17) is 18.9 Å². The predicted molar refractivity (Wildman–Crippen MR) is 115 cm³/mol. The normalized spacial score (nSPS) is 19.1. The summed E-state index contributed by atoms with van der Waals surface area (Å²) in [4.78, 5) is 13.8. The number of Topliss-reactive ketones (excluding diaryl/α,β-unsaturated/α-hetero) is 1. The Morgan fingerprint density at radius 2 is 1.97 bits per heavy atom. The minimum Gasteiger partial charge on any atom is -0.493 e. The fourth-order valence-electron chi connectivity index (χ4n) is 4.20. The van der Waals surface area contributed by atoms with Gasteiger partial charge in [-0.2, -0.15) is 0 Å². The molecule has 2 aliphatic heterocycles. The van der Waals surface area contributed by atoms with Crippen LogP contribution in [0, 0.1) is 0 Å². The van der Waals surface area contributed by atoms with Crippen molar-refractivity contribution < 1.29 is 28.8 Å². The molecule has 1 N–H and O–H groups in total. The second-order valence-corrected chi connectivity index (χ2v) is 7.94. The Hall–Kier alpha value is -2.77. The van der Waals surface area contributed by atoms with Gasteiger partial charge in [-0.1, -0.05) is 6.07 Å². The maximum Gasteiger partial charge on any atom is 0.161 e. The van der Waals surface area contributed by atoms with Gasteiger partial charge >= 0.3 is 0 Å². The van der Waals surface area contributed by atoms with E-state index in [1.165, 1.54) is 19.6 Å². The van der Waals surface area contributed by atoms with Gasteiger partial charge in [-0.3, -0.25) is 9.69 Å². The Bertz CT molecular complexity index is 930. The first-order valence-corrected chi connectivity index (χ1v) is 10.7. The van der Waals surface area contributed by atoms with Crippen LogP contribution in [0.4, 0.5) is 0 Å². The van der Waals surface area contributed by atoms with Gasteiger partial charge < -0.3 is 24.1 Å². The molecule has 2 atom stereocenters. The van der Waals surface area contributed by atoms with Gasteiger partial charge in [0.2, 0.25) is 0 Å². The van der Waals surface area contributed by atoms with E-state index < -0.39 is 6.10 Å². The van der Waals surface area contributed by atoms with Gasteiger partial charge in [0.1, 0.15) is 25.9 Å². The number of carbonyl (C=O) groups excluding carboxylic acids is 1. The highest BCUT2D eigenvalue weighted by Crippen LogP contribution is 2.38. The number of rotatable bonds is 8. The largest absolute Gasteiger partial charge is 0.493 e. The molecule has 0 bridgehead atoms. The summed E-state index contributed by atoms with van der Waals surface area (Å²) in [7, 11) is 1.53. The zero-order chi connectivity index (χ0) is 21.8. The first-order chi connectivity index (χ1) is 15.0. The molecule has 0 aliphatic carbocycles. The molecule has 2 aromatic carbocycles. The molecule has 2 aromatic rings. The summed E-state index contributed by atoms with van der Waals surface area (Å²) in [5.41, 5.74) is 1.74. The van der Waals surface area contributed by atoms with Gasteiger partial charge in [-0.25, -0.2) is 0 Å². The van der Waals surface area contributed by atoms with E-state index in [1.54, 1.807) is 18.2 Å². The van der Waals surface area contributed by atoms with E-state index in [0.717, 1.165) is 30.9 Å². The quantitative estimate of drug-likeness (QED) is 0.648. The molecule has 1 fully saturated rings. The number of aliphatic hydroxyl groups excluding tert-OH is 1. The van der Waals surface area contributed by atoms with E-state index in [9.17, 15) is 9.90 Å². The maximum atomic E-state index is 11.6. The van der Waals surface area contributed by atoms with Crippen LogP contribution in [0.2, 0.25) is 0 Å². The topological polar surface area (TPSA) is 77.5 Å². The van der Waals surface area contributed by atoms with E-state index >= 15 is 0 Å². The van der Waals surface area contributed by atoms with Crippen molar-refractivity contribution in [1.29, 1.82) is 0 Å². The molecular weight excluding hydrogens is 398 g/mol. The minimum atomic E-state index is -0.657. The first-order valence-electron chi connectivity index (χ1n) is 10.7. The van der Waals surface area contributed by atoms with Crippen LogP contribution in [0.5, 0.6) is 23.0 Å². The molecule has 7 nitrogen and oxygen atoms in total. The number of carbonyl (C=O) groups is 1. The Kier molecular flexibility index (Phi) is 6.63. The average Bonchev–Trinajstić information content (AvgIpc) is 3.25. The second-order valence-electron chi connectivity index (χ2n) is 7.94. The molecule has 0 amide bonds. The zero-order valence-electron chi connectivity index (χ0n) is 18.0. The molecule has 1 saturated heterocycles. The maximum absolute atomic E-state index is 11.6. The fraction of sp³-hybridized carbons (Fsp3) is 0.458. The zero-order valence-corrected chi connectivity index (χ0v) is 18.0. The average molecular weight is 427 g/mol. The Morgan fingerprint density at radius 3 is 2.74 bits per heavy atom. The number of methoxy groups -OCH3 is 1. The van der Waals surface area contributed by atoms with Gasteiger partial charge in [0, 0.05) is 18.2 Å². The van der Waals surface area contributed by atoms with Crippen molar-refractivity contribution in [2.75, 3.05) is 40.0 Å². The number of ether oxygens (including phenoxy) is 4. The van der Waals surface area contributed by atoms with Crippen LogP contribution in [0.25, 0.3) is 0 Å². The smallest absolute Gasteiger partial charge is 0.161 e. The van der Waals surface area contributed by atoms with Crippen LogP contribution >= 0.6 is 0 Å². The second kappa shape index (κ2) is 9.58. The van der Waals surface area contributed by atoms with Gasteiger partial charge in [-0.05, 0) is 62.2 Å². The highest BCUT2D eigenvalue weighted by molar-refractivity contribution is 5.94.